The average molecular weight is 480 g/mol. The largest absolute Gasteiger partial charge is 0.494 e. The van der Waals surface area contributed by atoms with Crippen molar-refractivity contribution >= 4 is 27.7 Å². The molecular formula is C30H29N3O3. The molecule has 2 heterocycles. The van der Waals surface area contributed by atoms with Crippen molar-refractivity contribution in [2.75, 3.05) is 13.2 Å². The standard InChI is InChI=1S/C30H29N3O3/c31-13-5-1-2-6-16-36-20-10-12-21-19(17-20)9-11-23-26(21)28-24(18-32-30(28)35)27-22-7-3-4-8-25(22)33(14-15-34)29(23)27/h3-4,7-8,10,12,17,34H,1-2,5-6,9,11,14-16,18H2,(H,32,35). The highest BCUT2D eigenvalue weighted by Gasteiger charge is 2.34. The van der Waals surface area contributed by atoms with Gasteiger partial charge in [-0.25, -0.2) is 0 Å². The van der Waals surface area contributed by atoms with Crippen LogP contribution in [-0.2, 0) is 25.9 Å². The van der Waals surface area contributed by atoms with Crippen LogP contribution in [0.5, 0.6) is 5.75 Å². The molecule has 0 saturated heterocycles. The van der Waals surface area contributed by atoms with Gasteiger partial charge >= 0.3 is 0 Å². The molecule has 6 heteroatoms. The summed E-state index contributed by atoms with van der Waals surface area (Å²) in [4.78, 5) is 13.2. The number of aliphatic hydroxyl groups is 1. The summed E-state index contributed by atoms with van der Waals surface area (Å²) in [7, 11) is 0. The maximum atomic E-state index is 13.2. The number of aryl methyl sites for hydroxylation is 2. The van der Waals surface area contributed by atoms with Gasteiger partial charge in [-0.1, -0.05) is 24.3 Å². The second-order valence-corrected chi connectivity index (χ2v) is 9.64. The number of hydrogen-bond donors (Lipinski definition) is 2. The zero-order valence-electron chi connectivity index (χ0n) is 20.3. The summed E-state index contributed by atoms with van der Waals surface area (Å²) in [5.41, 5.74) is 8.66. The molecule has 1 aromatic heterocycles. The first-order valence-electron chi connectivity index (χ1n) is 12.8. The van der Waals surface area contributed by atoms with E-state index in [-0.39, 0.29) is 12.5 Å². The average Bonchev–Trinajstić information content (AvgIpc) is 3.44. The first-order valence-corrected chi connectivity index (χ1v) is 12.8. The molecule has 1 amide bonds. The Balaban J connectivity index is 1.47. The van der Waals surface area contributed by atoms with Gasteiger partial charge in [0.1, 0.15) is 5.75 Å². The van der Waals surface area contributed by atoms with E-state index < -0.39 is 0 Å². The molecule has 1 aliphatic carbocycles. The number of nitrogens with one attached hydrogen (secondary N) is 1. The van der Waals surface area contributed by atoms with Crippen molar-refractivity contribution in [3.63, 3.8) is 0 Å². The Morgan fingerprint density at radius 2 is 1.94 bits per heavy atom. The Bertz CT molecular complexity index is 1540. The Morgan fingerprint density at radius 1 is 1.06 bits per heavy atom. The van der Waals surface area contributed by atoms with E-state index in [2.05, 4.69) is 40.2 Å². The molecule has 0 bridgehead atoms. The van der Waals surface area contributed by atoms with Crippen LogP contribution in [0.1, 0.15) is 52.7 Å². The fourth-order valence-electron chi connectivity index (χ4n) is 6.07. The number of fused-ring (bicyclic) bond motifs is 10. The number of hydrogen-bond acceptors (Lipinski definition) is 4. The van der Waals surface area contributed by atoms with Crippen LogP contribution in [-0.4, -0.2) is 28.8 Å². The second kappa shape index (κ2) is 9.33. The fourth-order valence-corrected chi connectivity index (χ4v) is 6.07. The van der Waals surface area contributed by atoms with E-state index in [1.165, 1.54) is 11.1 Å². The number of unbranched alkanes of at least 4 members (excludes halogenated alkanes) is 3. The number of amides is 1. The van der Waals surface area contributed by atoms with E-state index in [1.54, 1.807) is 0 Å². The van der Waals surface area contributed by atoms with Crippen molar-refractivity contribution in [3.8, 4) is 22.9 Å². The quantitative estimate of drug-likeness (QED) is 0.338. The van der Waals surface area contributed by atoms with Gasteiger partial charge in [-0.3, -0.25) is 4.79 Å². The zero-order chi connectivity index (χ0) is 24.6. The van der Waals surface area contributed by atoms with Crippen LogP contribution in [0.3, 0.4) is 0 Å². The van der Waals surface area contributed by atoms with E-state index in [1.807, 2.05) is 18.2 Å². The van der Waals surface area contributed by atoms with Crippen LogP contribution < -0.4 is 10.1 Å². The van der Waals surface area contributed by atoms with Gasteiger partial charge in [0.2, 0.25) is 0 Å². The van der Waals surface area contributed by atoms with E-state index in [0.717, 1.165) is 81.9 Å². The summed E-state index contributed by atoms with van der Waals surface area (Å²) in [6, 6.07) is 16.7. The Labute approximate surface area is 210 Å². The highest BCUT2D eigenvalue weighted by atomic mass is 16.5. The minimum Gasteiger partial charge on any atom is -0.494 e. The molecule has 0 unspecified atom stereocenters. The van der Waals surface area contributed by atoms with Gasteiger partial charge in [0.25, 0.3) is 5.91 Å². The normalized spacial score (nSPS) is 13.8. The molecule has 2 aliphatic rings. The van der Waals surface area contributed by atoms with Crippen molar-refractivity contribution < 1.29 is 14.6 Å². The summed E-state index contributed by atoms with van der Waals surface area (Å²) >= 11 is 0. The lowest BCUT2D eigenvalue weighted by Crippen LogP contribution is -2.16. The van der Waals surface area contributed by atoms with E-state index in [0.29, 0.717) is 26.1 Å². The molecule has 0 radical (unpaired) electrons. The van der Waals surface area contributed by atoms with Crippen molar-refractivity contribution in [2.24, 2.45) is 0 Å². The number of benzene rings is 3. The fraction of sp³-hybridized carbons (Fsp3) is 0.333. The number of ether oxygens (including phenoxy) is 1. The monoisotopic (exact) mass is 479 g/mol. The summed E-state index contributed by atoms with van der Waals surface area (Å²) in [5, 5.41) is 23.9. The van der Waals surface area contributed by atoms with Gasteiger partial charge in [-0.2, -0.15) is 5.26 Å². The van der Waals surface area contributed by atoms with Gasteiger partial charge in [0.15, 0.2) is 0 Å². The topological polar surface area (TPSA) is 87.3 Å². The third-order valence-electron chi connectivity index (χ3n) is 7.58. The van der Waals surface area contributed by atoms with Crippen LogP contribution in [0.2, 0.25) is 0 Å². The molecule has 0 atom stereocenters. The van der Waals surface area contributed by atoms with E-state index in [4.69, 9.17) is 10.00 Å². The molecule has 3 aromatic carbocycles. The molecule has 0 spiro atoms. The molecule has 0 saturated carbocycles. The minimum atomic E-state index is -0.00677. The number of aromatic nitrogens is 1. The highest BCUT2D eigenvalue weighted by molar-refractivity contribution is 6.19. The number of aliphatic hydroxyl groups excluding tert-OH is 1. The predicted octanol–water partition coefficient (Wildman–Crippen LogP) is 5.26. The number of nitriles is 1. The highest BCUT2D eigenvalue weighted by Crippen LogP contribution is 2.47. The molecule has 4 aromatic rings. The van der Waals surface area contributed by atoms with Crippen molar-refractivity contribution in [3.05, 3.63) is 64.7 Å². The van der Waals surface area contributed by atoms with Gasteiger partial charge < -0.3 is 19.7 Å². The Hall–Kier alpha value is -3.82. The molecule has 6 rings (SSSR count). The molecule has 182 valence electrons. The maximum absolute atomic E-state index is 13.2. The summed E-state index contributed by atoms with van der Waals surface area (Å²) in [6.07, 6.45) is 5.14. The van der Waals surface area contributed by atoms with E-state index in [9.17, 15) is 9.90 Å². The smallest absolute Gasteiger partial charge is 0.252 e. The lowest BCUT2D eigenvalue weighted by Gasteiger charge is -2.25. The Kier molecular flexibility index (Phi) is 5.86. The lowest BCUT2D eigenvalue weighted by molar-refractivity contribution is 0.0966. The number of carbonyl (C=O) groups excluding carboxylic acids is 1. The lowest BCUT2D eigenvalue weighted by atomic mass is 9.80. The number of carbonyl (C=O) groups is 1. The zero-order valence-corrected chi connectivity index (χ0v) is 20.3. The van der Waals surface area contributed by atoms with Gasteiger partial charge in [0.05, 0.1) is 30.4 Å². The maximum Gasteiger partial charge on any atom is 0.252 e. The van der Waals surface area contributed by atoms with Crippen LogP contribution >= 0.6 is 0 Å². The first-order chi connectivity index (χ1) is 17.7. The first kappa shape index (κ1) is 22.6. The Morgan fingerprint density at radius 3 is 2.81 bits per heavy atom. The molecule has 2 N–H and O–H groups in total. The van der Waals surface area contributed by atoms with Crippen LogP contribution in [0.25, 0.3) is 32.9 Å². The van der Waals surface area contributed by atoms with Crippen molar-refractivity contribution in [1.29, 1.82) is 5.26 Å². The second-order valence-electron chi connectivity index (χ2n) is 9.64. The van der Waals surface area contributed by atoms with Gasteiger partial charge in [0, 0.05) is 41.4 Å². The molecular weight excluding hydrogens is 450 g/mol. The molecule has 0 fully saturated rings. The third-order valence-corrected chi connectivity index (χ3v) is 7.58. The SMILES string of the molecule is N#CCCCCCOc1ccc2c(c1)CCc1c-2c2c(c3c4ccccc4n(CCO)c13)CNC2=O. The van der Waals surface area contributed by atoms with E-state index >= 15 is 0 Å². The number of nitrogens with zero attached hydrogens (tertiary/aromatic N) is 2. The molecule has 1 aliphatic heterocycles. The van der Waals surface area contributed by atoms with Crippen LogP contribution in [0.15, 0.2) is 42.5 Å². The minimum absolute atomic E-state index is 0.00677. The summed E-state index contributed by atoms with van der Waals surface area (Å²) in [6.45, 7) is 1.74. The van der Waals surface area contributed by atoms with Crippen molar-refractivity contribution in [2.45, 2.75) is 51.6 Å². The predicted molar refractivity (Wildman–Crippen MR) is 140 cm³/mol. The van der Waals surface area contributed by atoms with Gasteiger partial charge in [-0.15, -0.1) is 0 Å². The molecule has 36 heavy (non-hydrogen) atoms. The number of para-hydroxylation sites is 1. The van der Waals surface area contributed by atoms with Crippen LogP contribution in [0, 0.1) is 11.3 Å². The van der Waals surface area contributed by atoms with Gasteiger partial charge in [-0.05, 0) is 72.6 Å². The third kappa shape index (κ3) is 3.54. The molecule has 6 nitrogen and oxygen atoms in total. The number of rotatable bonds is 8. The van der Waals surface area contributed by atoms with Crippen LogP contribution in [0.4, 0.5) is 0 Å². The summed E-state index contributed by atoms with van der Waals surface area (Å²) < 4.78 is 8.26. The summed E-state index contributed by atoms with van der Waals surface area (Å²) in [5.74, 6) is 0.849. The van der Waals surface area contributed by atoms with Crippen molar-refractivity contribution in [1.82, 2.24) is 9.88 Å².